The van der Waals surface area contributed by atoms with E-state index in [-0.39, 0.29) is 13.1 Å². The van der Waals surface area contributed by atoms with E-state index >= 15 is 0 Å². The first kappa shape index (κ1) is 13.3. The Bertz CT molecular complexity index is 483. The molecule has 16 heavy (non-hydrogen) atoms. The molecule has 0 spiro atoms. The van der Waals surface area contributed by atoms with Crippen molar-refractivity contribution in [2.45, 2.75) is 11.7 Å². The van der Waals surface area contributed by atoms with Crippen molar-refractivity contribution in [3.63, 3.8) is 0 Å². The minimum Gasteiger partial charge on any atom is -0.340 e. The lowest BCUT2D eigenvalue weighted by Gasteiger charge is -2.14. The van der Waals surface area contributed by atoms with Crippen LogP contribution in [0.2, 0.25) is 0 Å². The van der Waals surface area contributed by atoms with Crippen LogP contribution in [0.1, 0.15) is 6.42 Å². The van der Waals surface area contributed by atoms with E-state index < -0.39 is 43.7 Å². The van der Waals surface area contributed by atoms with Crippen LogP contribution in [0, 0.1) is 0 Å². The summed E-state index contributed by atoms with van der Waals surface area (Å²) in [5.41, 5.74) is 0. The van der Waals surface area contributed by atoms with Crippen molar-refractivity contribution in [3.8, 4) is 0 Å². The van der Waals surface area contributed by atoms with E-state index in [9.17, 15) is 25.5 Å². The molecule has 0 aromatic heterocycles. The molecule has 1 aliphatic heterocycles. The molecule has 1 heterocycles. The summed E-state index contributed by atoms with van der Waals surface area (Å²) in [6, 6.07) is 0. The molecule has 1 N–H and O–H groups in total. The summed E-state index contributed by atoms with van der Waals surface area (Å²) < 4.78 is 62.8. The average molecular weight is 275 g/mol. The lowest BCUT2D eigenvalue weighted by atomic mass is 10.4. The van der Waals surface area contributed by atoms with Gasteiger partial charge in [0, 0.05) is 19.5 Å². The third-order valence-electron chi connectivity index (χ3n) is 2.20. The second-order valence-electron chi connectivity index (χ2n) is 3.43. The quantitative estimate of drug-likeness (QED) is 0.508. The molecule has 1 fully saturated rings. The average Bonchev–Trinajstić information content (AvgIpc) is 2.41. The van der Waals surface area contributed by atoms with Crippen LogP contribution in [0.3, 0.4) is 0 Å². The first-order valence-corrected chi connectivity index (χ1v) is 7.31. The van der Waals surface area contributed by atoms with Crippen LogP contribution >= 0.6 is 0 Å². The van der Waals surface area contributed by atoms with Gasteiger partial charge in [-0.1, -0.05) is 0 Å². The Hall–Kier alpha value is -0.740. The maximum Gasteiger partial charge on any atom is 0.307 e. The number of amides is 1. The molecule has 1 aliphatic rings. The normalized spacial score (nSPS) is 22.8. The zero-order valence-electron chi connectivity index (χ0n) is 8.04. The highest BCUT2D eigenvalue weighted by atomic mass is 32.3. The van der Waals surface area contributed by atoms with Gasteiger partial charge in [0.2, 0.25) is 5.91 Å². The molecule has 0 aliphatic carbocycles. The minimum atomic E-state index is -4.80. The molecule has 1 unspecified atom stereocenters. The molecule has 1 rings (SSSR count). The Morgan fingerprint density at radius 3 is 2.31 bits per heavy atom. The van der Waals surface area contributed by atoms with Gasteiger partial charge in [-0.15, -0.1) is 3.89 Å². The van der Waals surface area contributed by atoms with Crippen LogP contribution in [-0.4, -0.2) is 56.3 Å². The number of rotatable bonds is 4. The maximum absolute atomic E-state index is 12.5. The molecule has 10 heteroatoms. The third-order valence-corrected chi connectivity index (χ3v) is 4.01. The Labute approximate surface area is 92.2 Å². The topological polar surface area (TPSA) is 109 Å². The van der Waals surface area contributed by atoms with E-state index in [1.54, 1.807) is 0 Å². The Morgan fingerprint density at radius 1 is 1.38 bits per heavy atom. The van der Waals surface area contributed by atoms with Crippen molar-refractivity contribution in [3.05, 3.63) is 0 Å². The predicted octanol–water partition coefficient (Wildman–Crippen LogP) is -1.23. The Kier molecular flexibility index (Phi) is 3.55. The standard InChI is InChI=1S/C6H10FNO6S2/c7-16(13,14)5-3-6(9)8(4-5)1-2-15(10,11)12/h5H,1-4H2,(H,10,11,12). The molecule has 0 aromatic carbocycles. The van der Waals surface area contributed by atoms with Crippen molar-refractivity contribution >= 4 is 26.2 Å². The molecule has 1 atom stereocenters. The first-order chi connectivity index (χ1) is 7.09. The number of carbonyl (C=O) groups excluding carboxylic acids is 1. The number of hydrogen-bond acceptors (Lipinski definition) is 5. The lowest BCUT2D eigenvalue weighted by Crippen LogP contribution is -2.31. The molecular weight excluding hydrogens is 265 g/mol. The van der Waals surface area contributed by atoms with Gasteiger partial charge in [-0.3, -0.25) is 9.35 Å². The SMILES string of the molecule is O=C1CC(S(=O)(=O)F)CN1CCS(=O)(=O)O. The van der Waals surface area contributed by atoms with E-state index in [4.69, 9.17) is 4.55 Å². The fourth-order valence-corrected chi connectivity index (χ4v) is 2.52. The zero-order chi connectivity index (χ0) is 12.6. The minimum absolute atomic E-state index is 0.344. The van der Waals surface area contributed by atoms with E-state index in [0.717, 1.165) is 4.90 Å². The molecule has 0 aromatic rings. The molecule has 1 amide bonds. The van der Waals surface area contributed by atoms with Crippen LogP contribution in [0.25, 0.3) is 0 Å². The molecule has 0 bridgehead atoms. The fraction of sp³-hybridized carbons (Fsp3) is 0.833. The van der Waals surface area contributed by atoms with Gasteiger partial charge in [0.05, 0.1) is 5.75 Å². The van der Waals surface area contributed by atoms with Crippen molar-refractivity contribution in [2.24, 2.45) is 0 Å². The smallest absolute Gasteiger partial charge is 0.307 e. The third kappa shape index (κ3) is 3.68. The monoisotopic (exact) mass is 275 g/mol. The molecular formula is C6H10FNO6S2. The van der Waals surface area contributed by atoms with Gasteiger partial charge in [-0.2, -0.15) is 16.8 Å². The Balaban J connectivity index is 2.63. The summed E-state index contributed by atoms with van der Waals surface area (Å²) in [6.07, 6.45) is -0.496. The summed E-state index contributed by atoms with van der Waals surface area (Å²) >= 11 is 0. The van der Waals surface area contributed by atoms with Crippen LogP contribution in [0.15, 0.2) is 0 Å². The molecule has 0 radical (unpaired) electrons. The second kappa shape index (κ2) is 4.26. The molecule has 1 saturated heterocycles. The highest BCUT2D eigenvalue weighted by Gasteiger charge is 2.38. The highest BCUT2D eigenvalue weighted by molar-refractivity contribution is 7.87. The zero-order valence-corrected chi connectivity index (χ0v) is 9.67. The molecule has 94 valence electrons. The number of hydrogen-bond donors (Lipinski definition) is 1. The number of halogens is 1. The summed E-state index contributed by atoms with van der Waals surface area (Å²) in [5, 5.41) is -1.44. The summed E-state index contributed by atoms with van der Waals surface area (Å²) in [6.45, 7) is -0.725. The lowest BCUT2D eigenvalue weighted by molar-refractivity contribution is -0.127. The van der Waals surface area contributed by atoms with Gasteiger partial charge < -0.3 is 4.90 Å². The van der Waals surface area contributed by atoms with E-state index in [1.165, 1.54) is 0 Å². The Morgan fingerprint density at radius 2 is 1.94 bits per heavy atom. The van der Waals surface area contributed by atoms with Crippen LogP contribution in [0.5, 0.6) is 0 Å². The van der Waals surface area contributed by atoms with Crippen molar-refractivity contribution < 1.29 is 30.1 Å². The van der Waals surface area contributed by atoms with Crippen molar-refractivity contribution in [2.75, 3.05) is 18.8 Å². The fourth-order valence-electron chi connectivity index (χ4n) is 1.37. The van der Waals surface area contributed by atoms with Gasteiger partial charge in [-0.05, 0) is 0 Å². The van der Waals surface area contributed by atoms with Gasteiger partial charge in [0.25, 0.3) is 10.1 Å². The molecule has 0 saturated carbocycles. The van der Waals surface area contributed by atoms with E-state index in [1.807, 2.05) is 0 Å². The van der Waals surface area contributed by atoms with Crippen LogP contribution in [0.4, 0.5) is 3.89 Å². The highest BCUT2D eigenvalue weighted by Crippen LogP contribution is 2.19. The first-order valence-electron chi connectivity index (χ1n) is 4.26. The summed E-state index contributed by atoms with van der Waals surface area (Å²) in [4.78, 5) is 12.1. The molecule has 7 nitrogen and oxygen atoms in total. The number of carbonyl (C=O) groups is 1. The summed E-state index contributed by atoms with van der Waals surface area (Å²) in [5.74, 6) is -1.34. The van der Waals surface area contributed by atoms with Crippen LogP contribution < -0.4 is 0 Å². The van der Waals surface area contributed by atoms with Gasteiger partial charge in [-0.25, -0.2) is 0 Å². The van der Waals surface area contributed by atoms with Crippen molar-refractivity contribution in [1.29, 1.82) is 0 Å². The summed E-state index contributed by atoms with van der Waals surface area (Å²) in [7, 11) is -9.02. The second-order valence-corrected chi connectivity index (χ2v) is 6.62. The number of nitrogens with zero attached hydrogens (tertiary/aromatic N) is 1. The van der Waals surface area contributed by atoms with E-state index in [2.05, 4.69) is 0 Å². The van der Waals surface area contributed by atoms with Crippen molar-refractivity contribution in [1.82, 2.24) is 4.90 Å². The predicted molar refractivity (Wildman–Crippen MR) is 51.4 cm³/mol. The maximum atomic E-state index is 12.5. The van der Waals surface area contributed by atoms with Gasteiger partial charge >= 0.3 is 10.2 Å². The van der Waals surface area contributed by atoms with E-state index in [0.29, 0.717) is 0 Å². The largest absolute Gasteiger partial charge is 0.340 e. The van der Waals surface area contributed by atoms with Crippen LogP contribution in [-0.2, 0) is 25.1 Å². The number of likely N-dealkylation sites (tertiary alicyclic amines) is 1. The van der Waals surface area contributed by atoms with Gasteiger partial charge in [0.15, 0.2) is 0 Å². The van der Waals surface area contributed by atoms with Gasteiger partial charge in [0.1, 0.15) is 5.25 Å².